The van der Waals surface area contributed by atoms with E-state index in [1.165, 1.54) is 0 Å². The van der Waals surface area contributed by atoms with Crippen molar-refractivity contribution in [3.8, 4) is 0 Å². The van der Waals surface area contributed by atoms with Crippen LogP contribution in [0.4, 0.5) is 5.82 Å². The van der Waals surface area contributed by atoms with E-state index in [9.17, 15) is 0 Å². The molecule has 2 N–H and O–H groups in total. The molecule has 0 atom stereocenters. The maximum absolute atomic E-state index is 4.31. The summed E-state index contributed by atoms with van der Waals surface area (Å²) in [5.41, 5.74) is 2.23. The van der Waals surface area contributed by atoms with E-state index in [1.54, 1.807) is 7.05 Å². The first-order valence-electron chi connectivity index (χ1n) is 7.65. The van der Waals surface area contributed by atoms with Gasteiger partial charge in [0.2, 0.25) is 0 Å². The molecule has 2 rings (SSSR count). The molecule has 23 heavy (non-hydrogen) atoms. The zero-order chi connectivity index (χ0) is 16.5. The normalized spacial score (nSPS) is 11.2. The first-order chi connectivity index (χ1) is 11.2. The van der Waals surface area contributed by atoms with Crippen molar-refractivity contribution in [2.24, 2.45) is 4.99 Å². The Morgan fingerprint density at radius 3 is 2.70 bits per heavy atom. The number of hydrogen-bond acceptors (Lipinski definition) is 4. The van der Waals surface area contributed by atoms with Gasteiger partial charge in [0.15, 0.2) is 5.96 Å². The van der Waals surface area contributed by atoms with Crippen molar-refractivity contribution in [3.63, 3.8) is 0 Å². The molecule has 2 heterocycles. The Bertz CT molecular complexity index is 624. The van der Waals surface area contributed by atoms with E-state index in [1.807, 2.05) is 55.7 Å². The van der Waals surface area contributed by atoms with Gasteiger partial charge in [-0.05, 0) is 29.8 Å². The first-order valence-corrected chi connectivity index (χ1v) is 7.65. The smallest absolute Gasteiger partial charge is 0.191 e. The highest BCUT2D eigenvalue weighted by atomic mass is 15.2. The molecule has 0 amide bonds. The lowest BCUT2D eigenvalue weighted by Crippen LogP contribution is -2.37. The first kappa shape index (κ1) is 16.7. The average Bonchev–Trinajstić information content (AvgIpc) is 2.59. The van der Waals surface area contributed by atoms with E-state index in [0.29, 0.717) is 6.54 Å². The molecule has 0 saturated carbocycles. The summed E-state index contributed by atoms with van der Waals surface area (Å²) in [4.78, 5) is 14.9. The molecule has 0 fully saturated rings. The third-order valence-electron chi connectivity index (χ3n) is 3.35. The predicted molar refractivity (Wildman–Crippen MR) is 94.7 cm³/mol. The fraction of sp³-hybridized carbons (Fsp3) is 0.353. The van der Waals surface area contributed by atoms with Crippen molar-refractivity contribution in [2.75, 3.05) is 32.6 Å². The fourth-order valence-corrected chi connectivity index (χ4v) is 2.08. The number of nitrogens with zero attached hydrogens (tertiary/aromatic N) is 4. The van der Waals surface area contributed by atoms with Gasteiger partial charge in [0.1, 0.15) is 5.82 Å². The molecule has 0 saturated heterocycles. The molecule has 0 aliphatic carbocycles. The van der Waals surface area contributed by atoms with Gasteiger partial charge >= 0.3 is 0 Å². The molecule has 0 aliphatic rings. The minimum atomic E-state index is 0.701. The zero-order valence-corrected chi connectivity index (χ0v) is 14.0. The fourth-order valence-electron chi connectivity index (χ4n) is 2.08. The third kappa shape index (κ3) is 5.58. The number of anilines is 1. The summed E-state index contributed by atoms with van der Waals surface area (Å²) in [7, 11) is 5.74. The Morgan fingerprint density at radius 1 is 1.13 bits per heavy atom. The van der Waals surface area contributed by atoms with Gasteiger partial charge in [-0.15, -0.1) is 0 Å². The topological polar surface area (TPSA) is 65.4 Å². The Morgan fingerprint density at radius 2 is 2.00 bits per heavy atom. The van der Waals surface area contributed by atoms with Crippen LogP contribution in [0, 0.1) is 0 Å². The number of rotatable bonds is 6. The van der Waals surface area contributed by atoms with Gasteiger partial charge in [-0.3, -0.25) is 9.98 Å². The molecular weight excluding hydrogens is 288 g/mol. The van der Waals surface area contributed by atoms with Gasteiger partial charge in [-0.25, -0.2) is 4.98 Å². The van der Waals surface area contributed by atoms with Crippen molar-refractivity contribution in [1.82, 2.24) is 20.6 Å². The summed E-state index contributed by atoms with van der Waals surface area (Å²) in [5, 5.41) is 6.61. The van der Waals surface area contributed by atoms with Crippen LogP contribution in [0.25, 0.3) is 0 Å². The van der Waals surface area contributed by atoms with Gasteiger partial charge in [0.05, 0.1) is 0 Å². The van der Waals surface area contributed by atoms with Crippen LogP contribution < -0.4 is 15.5 Å². The maximum Gasteiger partial charge on any atom is 0.191 e. The van der Waals surface area contributed by atoms with Crippen LogP contribution in [-0.2, 0) is 13.0 Å². The maximum atomic E-state index is 4.31. The van der Waals surface area contributed by atoms with Crippen LogP contribution in [0.1, 0.15) is 11.3 Å². The van der Waals surface area contributed by atoms with Gasteiger partial charge < -0.3 is 15.5 Å². The molecule has 0 aromatic carbocycles. The van der Waals surface area contributed by atoms with Crippen LogP contribution in [-0.4, -0.2) is 43.6 Å². The lowest BCUT2D eigenvalue weighted by atomic mass is 10.2. The van der Waals surface area contributed by atoms with Crippen LogP contribution >= 0.6 is 0 Å². The standard InChI is InChI=1S/C17H24N6/c1-18-17(21-11-8-15-6-4-5-9-19-15)22-13-14-7-10-20-16(12-14)23(2)3/h4-7,9-10,12H,8,11,13H2,1-3H3,(H2,18,21,22). The summed E-state index contributed by atoms with van der Waals surface area (Å²) in [5.74, 6) is 1.73. The Hall–Kier alpha value is -2.63. The van der Waals surface area contributed by atoms with Gasteiger partial charge in [-0.1, -0.05) is 6.07 Å². The number of hydrogen-bond donors (Lipinski definition) is 2. The quantitative estimate of drug-likeness (QED) is 0.624. The highest BCUT2D eigenvalue weighted by Crippen LogP contribution is 2.09. The monoisotopic (exact) mass is 312 g/mol. The SMILES string of the molecule is CN=C(NCCc1ccccn1)NCc1ccnc(N(C)C)c1. The minimum Gasteiger partial charge on any atom is -0.363 e. The van der Waals surface area contributed by atoms with Crippen molar-refractivity contribution >= 4 is 11.8 Å². The van der Waals surface area contributed by atoms with E-state index < -0.39 is 0 Å². The lowest BCUT2D eigenvalue weighted by molar-refractivity contribution is 0.783. The van der Waals surface area contributed by atoms with Crippen molar-refractivity contribution < 1.29 is 0 Å². The van der Waals surface area contributed by atoms with Gasteiger partial charge in [-0.2, -0.15) is 0 Å². The number of aromatic nitrogens is 2. The Balaban J connectivity index is 1.80. The molecule has 6 heteroatoms. The lowest BCUT2D eigenvalue weighted by Gasteiger charge is -2.14. The molecule has 122 valence electrons. The second-order valence-electron chi connectivity index (χ2n) is 5.34. The molecule has 2 aromatic rings. The summed E-state index contributed by atoms with van der Waals surface area (Å²) in [6.07, 6.45) is 4.50. The Kier molecular flexibility index (Phi) is 6.35. The minimum absolute atomic E-state index is 0.701. The van der Waals surface area contributed by atoms with E-state index in [0.717, 1.165) is 36.0 Å². The molecule has 2 aromatic heterocycles. The molecule has 0 unspecified atom stereocenters. The number of nitrogens with one attached hydrogen (secondary N) is 2. The van der Waals surface area contributed by atoms with E-state index in [2.05, 4.69) is 31.7 Å². The number of aliphatic imine (C=N–C) groups is 1. The second-order valence-corrected chi connectivity index (χ2v) is 5.34. The predicted octanol–water partition coefficient (Wildman–Crippen LogP) is 1.45. The van der Waals surface area contributed by atoms with E-state index in [4.69, 9.17) is 0 Å². The summed E-state index contributed by atoms with van der Waals surface area (Å²) >= 11 is 0. The Labute approximate surface area is 137 Å². The molecular formula is C17H24N6. The second kappa shape index (κ2) is 8.73. The molecule has 0 aliphatic heterocycles. The number of pyridine rings is 2. The van der Waals surface area contributed by atoms with Gasteiger partial charge in [0, 0.05) is 58.7 Å². The van der Waals surface area contributed by atoms with Crippen molar-refractivity contribution in [1.29, 1.82) is 0 Å². The van der Waals surface area contributed by atoms with E-state index in [-0.39, 0.29) is 0 Å². The summed E-state index contributed by atoms with van der Waals surface area (Å²) in [6, 6.07) is 10.0. The summed E-state index contributed by atoms with van der Waals surface area (Å²) in [6.45, 7) is 1.49. The average molecular weight is 312 g/mol. The highest BCUT2D eigenvalue weighted by Gasteiger charge is 2.02. The molecule has 0 bridgehead atoms. The van der Waals surface area contributed by atoms with Crippen LogP contribution in [0.3, 0.4) is 0 Å². The largest absolute Gasteiger partial charge is 0.363 e. The van der Waals surface area contributed by atoms with Crippen LogP contribution in [0.2, 0.25) is 0 Å². The van der Waals surface area contributed by atoms with Gasteiger partial charge in [0.25, 0.3) is 0 Å². The number of guanidine groups is 1. The van der Waals surface area contributed by atoms with Crippen molar-refractivity contribution in [2.45, 2.75) is 13.0 Å². The highest BCUT2D eigenvalue weighted by molar-refractivity contribution is 5.79. The zero-order valence-electron chi connectivity index (χ0n) is 14.0. The van der Waals surface area contributed by atoms with E-state index >= 15 is 0 Å². The molecule has 0 spiro atoms. The molecule has 6 nitrogen and oxygen atoms in total. The van der Waals surface area contributed by atoms with Crippen molar-refractivity contribution in [3.05, 3.63) is 54.0 Å². The molecule has 0 radical (unpaired) electrons. The van der Waals surface area contributed by atoms with Crippen LogP contribution in [0.15, 0.2) is 47.7 Å². The van der Waals surface area contributed by atoms with Crippen LogP contribution in [0.5, 0.6) is 0 Å². The summed E-state index contributed by atoms with van der Waals surface area (Å²) < 4.78 is 0. The third-order valence-corrected chi connectivity index (χ3v) is 3.35.